The van der Waals surface area contributed by atoms with Gasteiger partial charge in [-0.3, -0.25) is 0 Å². The largest absolute Gasteiger partial charge is 0.489 e. The lowest BCUT2D eigenvalue weighted by Gasteiger charge is -2.22. The van der Waals surface area contributed by atoms with Crippen molar-refractivity contribution < 1.29 is 4.74 Å². The summed E-state index contributed by atoms with van der Waals surface area (Å²) in [6, 6.07) is 24.3. The Labute approximate surface area is 143 Å². The summed E-state index contributed by atoms with van der Waals surface area (Å²) in [7, 11) is 2.01. The summed E-state index contributed by atoms with van der Waals surface area (Å²) in [6.45, 7) is 2.61. The summed E-state index contributed by atoms with van der Waals surface area (Å²) >= 11 is 0. The van der Waals surface area contributed by atoms with Crippen LogP contribution in [0.25, 0.3) is 0 Å². The molecule has 3 heteroatoms. The van der Waals surface area contributed by atoms with Crippen LogP contribution in [0.2, 0.25) is 0 Å². The monoisotopic (exact) mass is 318 g/mol. The maximum absolute atomic E-state index is 6.14. The lowest BCUT2D eigenvalue weighted by molar-refractivity contribution is 0.306. The van der Waals surface area contributed by atoms with Gasteiger partial charge in [0.25, 0.3) is 0 Å². The minimum absolute atomic E-state index is 0.570. The first-order valence-electron chi connectivity index (χ1n) is 8.00. The van der Waals surface area contributed by atoms with Crippen molar-refractivity contribution in [2.75, 3.05) is 17.7 Å². The molecule has 0 saturated carbocycles. The van der Waals surface area contributed by atoms with E-state index in [1.54, 1.807) is 0 Å². The predicted molar refractivity (Wildman–Crippen MR) is 101 cm³/mol. The summed E-state index contributed by atoms with van der Waals surface area (Å²) in [5, 5.41) is 0. The molecule has 0 aromatic heterocycles. The molecule has 0 heterocycles. The molecule has 0 radical (unpaired) electrons. The summed E-state index contributed by atoms with van der Waals surface area (Å²) in [5.41, 5.74) is 11.3. The number of rotatable bonds is 5. The lowest BCUT2D eigenvalue weighted by atomic mass is 10.1. The number of ether oxygens (including phenoxy) is 1. The van der Waals surface area contributed by atoms with Gasteiger partial charge in [0.2, 0.25) is 0 Å². The van der Waals surface area contributed by atoms with Crippen molar-refractivity contribution in [2.45, 2.75) is 13.5 Å². The minimum Gasteiger partial charge on any atom is -0.489 e. The average Bonchev–Trinajstić information content (AvgIpc) is 2.61. The molecule has 2 N–H and O–H groups in total. The van der Waals surface area contributed by atoms with E-state index in [1.165, 1.54) is 0 Å². The number of nitrogen functional groups attached to an aromatic ring is 1. The van der Waals surface area contributed by atoms with Gasteiger partial charge >= 0.3 is 0 Å². The SMILES string of the molecule is Cc1ccc(N(C)c2ccc(OCc3ccccc3)cc2)c(N)c1. The molecular formula is C21H22N2O. The van der Waals surface area contributed by atoms with E-state index in [4.69, 9.17) is 10.5 Å². The van der Waals surface area contributed by atoms with Crippen molar-refractivity contribution in [1.29, 1.82) is 0 Å². The van der Waals surface area contributed by atoms with E-state index in [0.717, 1.165) is 33.9 Å². The van der Waals surface area contributed by atoms with Crippen molar-refractivity contribution in [1.82, 2.24) is 0 Å². The molecule has 0 fully saturated rings. The van der Waals surface area contributed by atoms with Gasteiger partial charge in [-0.1, -0.05) is 36.4 Å². The van der Waals surface area contributed by atoms with E-state index in [9.17, 15) is 0 Å². The van der Waals surface area contributed by atoms with Gasteiger partial charge < -0.3 is 15.4 Å². The smallest absolute Gasteiger partial charge is 0.119 e. The van der Waals surface area contributed by atoms with Gasteiger partial charge in [-0.2, -0.15) is 0 Å². The number of aryl methyl sites for hydroxylation is 1. The Morgan fingerprint density at radius 2 is 1.62 bits per heavy atom. The van der Waals surface area contributed by atoms with Crippen LogP contribution in [0.1, 0.15) is 11.1 Å². The molecule has 0 atom stereocenters. The van der Waals surface area contributed by atoms with Gasteiger partial charge in [-0.15, -0.1) is 0 Å². The van der Waals surface area contributed by atoms with Crippen molar-refractivity contribution in [3.8, 4) is 5.75 Å². The van der Waals surface area contributed by atoms with Crippen LogP contribution >= 0.6 is 0 Å². The van der Waals surface area contributed by atoms with E-state index in [0.29, 0.717) is 6.61 Å². The molecule has 3 nitrogen and oxygen atoms in total. The standard InChI is InChI=1S/C21H22N2O/c1-16-8-13-21(20(22)14-16)23(2)18-9-11-19(12-10-18)24-15-17-6-4-3-5-7-17/h3-14H,15,22H2,1-2H3. The highest BCUT2D eigenvalue weighted by atomic mass is 16.5. The zero-order valence-electron chi connectivity index (χ0n) is 14.1. The molecule has 0 amide bonds. The molecule has 0 aliphatic carbocycles. The average molecular weight is 318 g/mol. The van der Waals surface area contributed by atoms with Crippen LogP contribution in [0, 0.1) is 6.92 Å². The molecular weight excluding hydrogens is 296 g/mol. The topological polar surface area (TPSA) is 38.5 Å². The molecule has 0 bridgehead atoms. The van der Waals surface area contributed by atoms with Crippen molar-refractivity contribution in [3.63, 3.8) is 0 Å². The highest BCUT2D eigenvalue weighted by Gasteiger charge is 2.08. The number of anilines is 3. The van der Waals surface area contributed by atoms with Gasteiger partial charge in [-0.05, 0) is 54.4 Å². The van der Waals surface area contributed by atoms with Crippen LogP contribution in [0.4, 0.5) is 17.1 Å². The fourth-order valence-corrected chi connectivity index (χ4v) is 2.63. The number of hydrogen-bond acceptors (Lipinski definition) is 3. The Balaban J connectivity index is 1.69. The fraction of sp³-hybridized carbons (Fsp3) is 0.143. The second kappa shape index (κ2) is 7.09. The molecule has 0 saturated heterocycles. The molecule has 0 spiro atoms. The maximum atomic E-state index is 6.14. The molecule has 0 unspecified atom stereocenters. The normalized spacial score (nSPS) is 10.4. The van der Waals surface area contributed by atoms with Crippen LogP contribution in [0.3, 0.4) is 0 Å². The van der Waals surface area contributed by atoms with Gasteiger partial charge in [0, 0.05) is 12.7 Å². The predicted octanol–water partition coefficient (Wildman–Crippen LogP) is 4.92. The molecule has 0 aliphatic heterocycles. The Morgan fingerprint density at radius 1 is 0.917 bits per heavy atom. The zero-order valence-corrected chi connectivity index (χ0v) is 14.1. The number of benzene rings is 3. The molecule has 3 aromatic carbocycles. The second-order valence-corrected chi connectivity index (χ2v) is 5.89. The second-order valence-electron chi connectivity index (χ2n) is 5.89. The van der Waals surface area contributed by atoms with E-state index in [-0.39, 0.29) is 0 Å². The van der Waals surface area contributed by atoms with Crippen molar-refractivity contribution in [2.24, 2.45) is 0 Å². The van der Waals surface area contributed by atoms with E-state index >= 15 is 0 Å². The van der Waals surface area contributed by atoms with Crippen LogP contribution < -0.4 is 15.4 Å². The third kappa shape index (κ3) is 3.69. The Hall–Kier alpha value is -2.94. The minimum atomic E-state index is 0.570. The van der Waals surface area contributed by atoms with E-state index in [2.05, 4.69) is 23.1 Å². The zero-order chi connectivity index (χ0) is 16.9. The fourth-order valence-electron chi connectivity index (χ4n) is 2.63. The Morgan fingerprint density at radius 3 is 2.29 bits per heavy atom. The van der Waals surface area contributed by atoms with E-state index < -0.39 is 0 Å². The number of hydrogen-bond donors (Lipinski definition) is 1. The summed E-state index contributed by atoms with van der Waals surface area (Å²) < 4.78 is 5.83. The summed E-state index contributed by atoms with van der Waals surface area (Å²) in [4.78, 5) is 2.08. The first-order chi connectivity index (χ1) is 11.6. The molecule has 122 valence electrons. The first kappa shape index (κ1) is 15.9. The molecule has 3 rings (SSSR count). The maximum Gasteiger partial charge on any atom is 0.119 e. The third-order valence-corrected chi connectivity index (χ3v) is 4.02. The van der Waals surface area contributed by atoms with Gasteiger partial charge in [0.05, 0.1) is 11.4 Å². The van der Waals surface area contributed by atoms with Crippen LogP contribution in [-0.4, -0.2) is 7.05 Å². The van der Waals surface area contributed by atoms with E-state index in [1.807, 2.05) is 68.6 Å². The summed E-state index contributed by atoms with van der Waals surface area (Å²) in [6.07, 6.45) is 0. The Kier molecular flexibility index (Phi) is 4.71. The quantitative estimate of drug-likeness (QED) is 0.678. The lowest BCUT2D eigenvalue weighted by Crippen LogP contribution is -2.11. The van der Waals surface area contributed by atoms with Crippen molar-refractivity contribution in [3.05, 3.63) is 83.9 Å². The van der Waals surface area contributed by atoms with Gasteiger partial charge in [-0.25, -0.2) is 0 Å². The number of nitrogens with two attached hydrogens (primary N) is 1. The van der Waals surface area contributed by atoms with Gasteiger partial charge in [0.1, 0.15) is 12.4 Å². The highest BCUT2D eigenvalue weighted by Crippen LogP contribution is 2.30. The van der Waals surface area contributed by atoms with Crippen LogP contribution in [-0.2, 0) is 6.61 Å². The van der Waals surface area contributed by atoms with Crippen LogP contribution in [0.5, 0.6) is 5.75 Å². The van der Waals surface area contributed by atoms with Crippen LogP contribution in [0.15, 0.2) is 72.8 Å². The summed E-state index contributed by atoms with van der Waals surface area (Å²) in [5.74, 6) is 0.855. The van der Waals surface area contributed by atoms with Gasteiger partial charge in [0.15, 0.2) is 0 Å². The van der Waals surface area contributed by atoms with Crippen molar-refractivity contribution >= 4 is 17.1 Å². The highest BCUT2D eigenvalue weighted by molar-refractivity contribution is 5.75. The third-order valence-electron chi connectivity index (χ3n) is 4.02. The Bertz CT molecular complexity index is 798. The number of nitrogens with zero attached hydrogens (tertiary/aromatic N) is 1. The molecule has 24 heavy (non-hydrogen) atoms. The molecule has 3 aromatic rings. The molecule has 0 aliphatic rings. The first-order valence-corrected chi connectivity index (χ1v) is 8.00.